The third-order valence-electron chi connectivity index (χ3n) is 3.63. The van der Waals surface area contributed by atoms with Crippen molar-refractivity contribution < 1.29 is 9.13 Å². The number of aryl methyl sites for hydroxylation is 2. The van der Waals surface area contributed by atoms with Crippen LogP contribution in [-0.2, 0) is 17.6 Å². The van der Waals surface area contributed by atoms with Crippen molar-refractivity contribution in [3.05, 3.63) is 71.0 Å². The maximum absolute atomic E-state index is 13.1. The van der Waals surface area contributed by atoms with Crippen molar-refractivity contribution in [2.75, 3.05) is 7.11 Å². The Morgan fingerprint density at radius 1 is 1.05 bits per heavy atom. The zero-order valence-electron chi connectivity index (χ0n) is 12.1. The summed E-state index contributed by atoms with van der Waals surface area (Å²) in [6, 6.07) is 15.3. The summed E-state index contributed by atoms with van der Waals surface area (Å²) in [5.74, 6) is -0.177. The van der Waals surface area contributed by atoms with Crippen LogP contribution in [0, 0.1) is 5.82 Å². The maximum Gasteiger partial charge on any atom is 0.123 e. The molecule has 106 valence electrons. The first-order valence-corrected chi connectivity index (χ1v) is 7.09. The lowest BCUT2D eigenvalue weighted by atomic mass is 9.99. The standard InChI is InChI=1S/C18H21FO/c1-3-14-7-10-16(11-8-14)18(20-2)12-9-15-5-4-6-17(19)13-15/h4-8,10-11,13,18H,3,9,12H2,1-2H3. The number of rotatable bonds is 6. The van der Waals surface area contributed by atoms with Crippen molar-refractivity contribution in [3.63, 3.8) is 0 Å². The Balaban J connectivity index is 2.01. The number of hydrogen-bond acceptors (Lipinski definition) is 1. The third-order valence-corrected chi connectivity index (χ3v) is 3.63. The summed E-state index contributed by atoms with van der Waals surface area (Å²) in [5.41, 5.74) is 3.52. The zero-order chi connectivity index (χ0) is 14.4. The van der Waals surface area contributed by atoms with E-state index in [4.69, 9.17) is 4.74 Å². The average Bonchev–Trinajstić information content (AvgIpc) is 2.48. The van der Waals surface area contributed by atoms with Gasteiger partial charge in [0.05, 0.1) is 6.10 Å². The van der Waals surface area contributed by atoms with Gasteiger partial charge in [0, 0.05) is 7.11 Å². The molecule has 2 heteroatoms. The summed E-state index contributed by atoms with van der Waals surface area (Å²) >= 11 is 0. The highest BCUT2D eigenvalue weighted by molar-refractivity contribution is 5.25. The van der Waals surface area contributed by atoms with Crippen LogP contribution in [0.15, 0.2) is 48.5 Å². The van der Waals surface area contributed by atoms with E-state index in [1.54, 1.807) is 19.2 Å². The summed E-state index contributed by atoms with van der Waals surface area (Å²) < 4.78 is 18.7. The zero-order valence-corrected chi connectivity index (χ0v) is 12.1. The number of benzene rings is 2. The van der Waals surface area contributed by atoms with Crippen molar-refractivity contribution in [1.82, 2.24) is 0 Å². The molecule has 0 fully saturated rings. The van der Waals surface area contributed by atoms with E-state index in [0.29, 0.717) is 0 Å². The van der Waals surface area contributed by atoms with Crippen LogP contribution in [0.25, 0.3) is 0 Å². The molecular weight excluding hydrogens is 251 g/mol. The Kier molecular flexibility index (Phi) is 5.31. The highest BCUT2D eigenvalue weighted by Crippen LogP contribution is 2.23. The van der Waals surface area contributed by atoms with Crippen LogP contribution >= 0.6 is 0 Å². The van der Waals surface area contributed by atoms with E-state index >= 15 is 0 Å². The largest absolute Gasteiger partial charge is 0.377 e. The third kappa shape index (κ3) is 3.91. The molecule has 0 saturated carbocycles. The van der Waals surface area contributed by atoms with Crippen LogP contribution in [0.5, 0.6) is 0 Å². The van der Waals surface area contributed by atoms with E-state index in [0.717, 1.165) is 24.8 Å². The molecule has 0 heterocycles. The van der Waals surface area contributed by atoms with Crippen molar-refractivity contribution in [1.29, 1.82) is 0 Å². The van der Waals surface area contributed by atoms with Gasteiger partial charge in [-0.2, -0.15) is 0 Å². The molecule has 0 amide bonds. The molecule has 1 atom stereocenters. The first-order chi connectivity index (χ1) is 9.72. The second kappa shape index (κ2) is 7.20. The molecule has 0 radical (unpaired) electrons. The molecule has 2 aromatic rings. The normalized spacial score (nSPS) is 12.3. The van der Waals surface area contributed by atoms with Gasteiger partial charge in [0.1, 0.15) is 5.82 Å². The lowest BCUT2D eigenvalue weighted by Gasteiger charge is -2.16. The minimum Gasteiger partial charge on any atom is -0.377 e. The molecular formula is C18H21FO. The topological polar surface area (TPSA) is 9.23 Å². The molecule has 1 nitrogen and oxygen atoms in total. The number of halogens is 1. The van der Waals surface area contributed by atoms with Crippen molar-refractivity contribution >= 4 is 0 Å². The Morgan fingerprint density at radius 2 is 1.80 bits per heavy atom. The Labute approximate surface area is 120 Å². The smallest absolute Gasteiger partial charge is 0.123 e. The lowest BCUT2D eigenvalue weighted by molar-refractivity contribution is 0.0959. The predicted molar refractivity (Wildman–Crippen MR) is 80.3 cm³/mol. The van der Waals surface area contributed by atoms with Crippen LogP contribution in [0.4, 0.5) is 4.39 Å². The summed E-state index contributed by atoms with van der Waals surface area (Å²) in [6.45, 7) is 2.15. The van der Waals surface area contributed by atoms with Gasteiger partial charge in [-0.25, -0.2) is 4.39 Å². The Bertz CT molecular complexity index is 533. The molecule has 20 heavy (non-hydrogen) atoms. The van der Waals surface area contributed by atoms with Gasteiger partial charge in [0.15, 0.2) is 0 Å². The molecule has 1 unspecified atom stereocenters. The molecule has 2 rings (SSSR count). The molecule has 2 aromatic carbocycles. The minimum absolute atomic E-state index is 0.0594. The second-order valence-electron chi connectivity index (χ2n) is 4.99. The van der Waals surface area contributed by atoms with Crippen LogP contribution < -0.4 is 0 Å². The van der Waals surface area contributed by atoms with E-state index < -0.39 is 0 Å². The highest BCUT2D eigenvalue weighted by Gasteiger charge is 2.10. The number of ether oxygens (including phenoxy) is 1. The molecule has 0 aromatic heterocycles. The fourth-order valence-electron chi connectivity index (χ4n) is 2.38. The minimum atomic E-state index is -0.177. The molecule has 0 bridgehead atoms. The molecule has 0 aliphatic heterocycles. The fraction of sp³-hybridized carbons (Fsp3) is 0.333. The Morgan fingerprint density at radius 3 is 2.40 bits per heavy atom. The maximum atomic E-state index is 13.1. The van der Waals surface area contributed by atoms with Gasteiger partial charge in [0.2, 0.25) is 0 Å². The fourth-order valence-corrected chi connectivity index (χ4v) is 2.38. The SMILES string of the molecule is CCc1ccc(C(CCc2cccc(F)c2)OC)cc1. The second-order valence-corrected chi connectivity index (χ2v) is 4.99. The van der Waals surface area contributed by atoms with E-state index in [9.17, 15) is 4.39 Å². The van der Waals surface area contributed by atoms with Crippen LogP contribution in [0.3, 0.4) is 0 Å². The first-order valence-electron chi connectivity index (χ1n) is 7.09. The molecule has 0 spiro atoms. The van der Waals surface area contributed by atoms with Crippen molar-refractivity contribution in [3.8, 4) is 0 Å². The van der Waals surface area contributed by atoms with Gasteiger partial charge in [-0.05, 0) is 48.1 Å². The van der Waals surface area contributed by atoms with E-state index in [1.807, 2.05) is 6.07 Å². The van der Waals surface area contributed by atoms with E-state index in [1.165, 1.54) is 17.2 Å². The first kappa shape index (κ1) is 14.7. The van der Waals surface area contributed by atoms with Crippen LogP contribution in [-0.4, -0.2) is 7.11 Å². The van der Waals surface area contributed by atoms with Crippen molar-refractivity contribution in [2.24, 2.45) is 0 Å². The summed E-state index contributed by atoms with van der Waals surface area (Å²) in [6.07, 6.45) is 2.77. The summed E-state index contributed by atoms with van der Waals surface area (Å²) in [7, 11) is 1.73. The molecule has 0 saturated heterocycles. The van der Waals surface area contributed by atoms with Gasteiger partial charge in [0.25, 0.3) is 0 Å². The lowest BCUT2D eigenvalue weighted by Crippen LogP contribution is -2.03. The number of hydrogen-bond donors (Lipinski definition) is 0. The van der Waals surface area contributed by atoms with Crippen LogP contribution in [0.1, 0.15) is 36.1 Å². The van der Waals surface area contributed by atoms with Crippen LogP contribution in [0.2, 0.25) is 0 Å². The highest BCUT2D eigenvalue weighted by atomic mass is 19.1. The Hall–Kier alpha value is -1.67. The molecule has 0 aliphatic rings. The van der Waals surface area contributed by atoms with E-state index in [2.05, 4.69) is 31.2 Å². The predicted octanol–water partition coefficient (Wildman–Crippen LogP) is 4.71. The molecule has 0 aliphatic carbocycles. The quantitative estimate of drug-likeness (QED) is 0.740. The van der Waals surface area contributed by atoms with E-state index in [-0.39, 0.29) is 11.9 Å². The van der Waals surface area contributed by atoms with Gasteiger partial charge >= 0.3 is 0 Å². The van der Waals surface area contributed by atoms with Crippen molar-refractivity contribution in [2.45, 2.75) is 32.3 Å². The summed E-state index contributed by atoms with van der Waals surface area (Å²) in [4.78, 5) is 0. The monoisotopic (exact) mass is 272 g/mol. The van der Waals surface area contributed by atoms with Gasteiger partial charge in [-0.3, -0.25) is 0 Å². The average molecular weight is 272 g/mol. The van der Waals surface area contributed by atoms with Gasteiger partial charge < -0.3 is 4.74 Å². The molecule has 0 N–H and O–H groups in total. The van der Waals surface area contributed by atoms with Gasteiger partial charge in [-0.15, -0.1) is 0 Å². The van der Waals surface area contributed by atoms with Gasteiger partial charge in [-0.1, -0.05) is 43.3 Å². The number of methoxy groups -OCH3 is 1. The summed E-state index contributed by atoms with van der Waals surface area (Å²) in [5, 5.41) is 0.